The Kier molecular flexibility index (Phi) is 3.69. The van der Waals surface area contributed by atoms with Crippen molar-refractivity contribution in [1.29, 1.82) is 5.26 Å². The molecule has 5 heteroatoms. The fraction of sp³-hybridized carbons (Fsp3) is 0.364. The molecule has 1 aromatic carbocycles. The van der Waals surface area contributed by atoms with Crippen molar-refractivity contribution >= 4 is 5.69 Å². The zero-order valence-corrected chi connectivity index (χ0v) is 8.77. The standard InChI is InChI=1S/C11H11FN2O2/c1-11(7-13,4-5-15)9-6-8(14-16)2-3-10(9)12/h2-3,6,15H,4-5H2,1H3/t11-/m1/s1. The second-order valence-electron chi connectivity index (χ2n) is 3.67. The highest BCUT2D eigenvalue weighted by atomic mass is 19.1. The number of rotatable bonds is 4. The van der Waals surface area contributed by atoms with Crippen molar-refractivity contribution in [2.45, 2.75) is 18.8 Å². The second-order valence-corrected chi connectivity index (χ2v) is 3.67. The van der Waals surface area contributed by atoms with E-state index in [0.29, 0.717) is 0 Å². The molecule has 0 aliphatic heterocycles. The van der Waals surface area contributed by atoms with Gasteiger partial charge in [0.2, 0.25) is 0 Å². The van der Waals surface area contributed by atoms with E-state index in [2.05, 4.69) is 5.18 Å². The molecule has 0 fully saturated rings. The van der Waals surface area contributed by atoms with Gasteiger partial charge < -0.3 is 5.11 Å². The molecule has 0 saturated heterocycles. The molecule has 0 aliphatic rings. The van der Waals surface area contributed by atoms with Crippen molar-refractivity contribution in [3.05, 3.63) is 34.5 Å². The van der Waals surface area contributed by atoms with Gasteiger partial charge in [0.25, 0.3) is 0 Å². The number of halogens is 1. The highest BCUT2D eigenvalue weighted by Gasteiger charge is 2.29. The normalized spacial score (nSPS) is 13.9. The molecule has 4 nitrogen and oxygen atoms in total. The van der Waals surface area contributed by atoms with Gasteiger partial charge in [-0.25, -0.2) is 4.39 Å². The Morgan fingerprint density at radius 3 is 2.81 bits per heavy atom. The molecule has 1 aromatic rings. The van der Waals surface area contributed by atoms with E-state index in [1.807, 2.05) is 6.07 Å². The summed E-state index contributed by atoms with van der Waals surface area (Å²) in [7, 11) is 0. The third-order valence-corrected chi connectivity index (χ3v) is 2.51. The van der Waals surface area contributed by atoms with Gasteiger partial charge in [0, 0.05) is 12.2 Å². The molecular formula is C11H11FN2O2. The highest BCUT2D eigenvalue weighted by molar-refractivity contribution is 5.45. The van der Waals surface area contributed by atoms with E-state index in [-0.39, 0.29) is 24.3 Å². The fourth-order valence-corrected chi connectivity index (χ4v) is 1.47. The summed E-state index contributed by atoms with van der Waals surface area (Å²) < 4.78 is 13.5. The van der Waals surface area contributed by atoms with Gasteiger partial charge in [0.1, 0.15) is 11.5 Å². The van der Waals surface area contributed by atoms with Gasteiger partial charge in [0.05, 0.1) is 11.5 Å². The van der Waals surface area contributed by atoms with Crippen molar-refractivity contribution in [3.63, 3.8) is 0 Å². The van der Waals surface area contributed by atoms with Crippen LogP contribution in [0.1, 0.15) is 18.9 Å². The Hall–Kier alpha value is -1.80. The maximum Gasteiger partial charge on any atom is 0.128 e. The third kappa shape index (κ3) is 2.23. The molecule has 0 aromatic heterocycles. The summed E-state index contributed by atoms with van der Waals surface area (Å²) in [4.78, 5) is 10.3. The average Bonchev–Trinajstić information content (AvgIpc) is 2.30. The molecule has 1 atom stereocenters. The van der Waals surface area contributed by atoms with Crippen LogP contribution in [0.3, 0.4) is 0 Å². The van der Waals surface area contributed by atoms with Crippen molar-refractivity contribution in [2.75, 3.05) is 6.61 Å². The average molecular weight is 222 g/mol. The Bertz CT molecular complexity index is 442. The maximum atomic E-state index is 13.5. The summed E-state index contributed by atoms with van der Waals surface area (Å²) in [5.74, 6) is -0.579. The van der Waals surface area contributed by atoms with Crippen LogP contribution < -0.4 is 0 Å². The van der Waals surface area contributed by atoms with Gasteiger partial charge in [-0.2, -0.15) is 5.26 Å². The minimum atomic E-state index is -1.15. The van der Waals surface area contributed by atoms with Crippen molar-refractivity contribution in [3.8, 4) is 6.07 Å². The molecule has 0 unspecified atom stereocenters. The monoisotopic (exact) mass is 222 g/mol. The van der Waals surface area contributed by atoms with Gasteiger partial charge in [-0.1, -0.05) is 0 Å². The lowest BCUT2D eigenvalue weighted by Gasteiger charge is -2.21. The number of nitriles is 1. The van der Waals surface area contributed by atoms with Gasteiger partial charge in [0.15, 0.2) is 0 Å². The lowest BCUT2D eigenvalue weighted by atomic mass is 9.81. The van der Waals surface area contributed by atoms with Crippen LogP contribution in [0.25, 0.3) is 0 Å². The topological polar surface area (TPSA) is 73.4 Å². The molecule has 0 heterocycles. The summed E-state index contributed by atoms with van der Waals surface area (Å²) >= 11 is 0. The molecule has 0 bridgehead atoms. The van der Waals surface area contributed by atoms with Crippen LogP contribution >= 0.6 is 0 Å². The molecule has 0 spiro atoms. The van der Waals surface area contributed by atoms with E-state index in [1.165, 1.54) is 19.1 Å². The van der Waals surface area contributed by atoms with Crippen LogP contribution in [0.2, 0.25) is 0 Å². The molecule has 16 heavy (non-hydrogen) atoms. The van der Waals surface area contributed by atoms with Crippen molar-refractivity contribution < 1.29 is 9.50 Å². The first-order chi connectivity index (χ1) is 7.57. The second kappa shape index (κ2) is 4.81. The zero-order chi connectivity index (χ0) is 12.2. The van der Waals surface area contributed by atoms with E-state index in [9.17, 15) is 9.30 Å². The van der Waals surface area contributed by atoms with E-state index < -0.39 is 11.2 Å². The zero-order valence-electron chi connectivity index (χ0n) is 8.77. The van der Waals surface area contributed by atoms with E-state index >= 15 is 0 Å². The number of aliphatic hydroxyl groups is 1. The summed E-state index contributed by atoms with van der Waals surface area (Å²) in [5, 5.41) is 20.6. The largest absolute Gasteiger partial charge is 0.396 e. The highest BCUT2D eigenvalue weighted by Crippen LogP contribution is 2.31. The first-order valence-corrected chi connectivity index (χ1v) is 4.73. The number of benzene rings is 1. The maximum absolute atomic E-state index is 13.5. The Morgan fingerprint density at radius 1 is 1.62 bits per heavy atom. The first kappa shape index (κ1) is 12.3. The van der Waals surface area contributed by atoms with Crippen molar-refractivity contribution in [1.82, 2.24) is 0 Å². The molecule has 84 valence electrons. The first-order valence-electron chi connectivity index (χ1n) is 4.73. The van der Waals surface area contributed by atoms with E-state index in [4.69, 9.17) is 10.4 Å². The number of nitrogens with zero attached hydrogens (tertiary/aromatic N) is 2. The molecule has 0 aliphatic carbocycles. The molecule has 0 radical (unpaired) electrons. The van der Waals surface area contributed by atoms with E-state index in [0.717, 1.165) is 6.07 Å². The number of hydrogen-bond acceptors (Lipinski definition) is 4. The Balaban J connectivity index is 3.29. The minimum Gasteiger partial charge on any atom is -0.396 e. The SMILES string of the molecule is C[C@](C#N)(CCO)c1cc(N=O)ccc1F. The van der Waals surface area contributed by atoms with Crippen LogP contribution in [0, 0.1) is 22.1 Å². The summed E-state index contributed by atoms with van der Waals surface area (Å²) in [6, 6.07) is 5.52. The minimum absolute atomic E-state index is 0.0656. The van der Waals surface area contributed by atoms with Crippen LogP contribution in [-0.2, 0) is 5.41 Å². The van der Waals surface area contributed by atoms with Gasteiger partial charge >= 0.3 is 0 Å². The van der Waals surface area contributed by atoms with Crippen LogP contribution in [-0.4, -0.2) is 11.7 Å². The number of nitroso groups, excluding NO2 is 1. The molecule has 1 rings (SSSR count). The smallest absolute Gasteiger partial charge is 0.128 e. The molecule has 1 N–H and O–H groups in total. The van der Waals surface area contributed by atoms with Crippen LogP contribution in [0.4, 0.5) is 10.1 Å². The van der Waals surface area contributed by atoms with Crippen LogP contribution in [0.5, 0.6) is 0 Å². The number of aliphatic hydroxyl groups excluding tert-OH is 1. The quantitative estimate of drug-likeness (QED) is 0.795. The lowest BCUT2D eigenvalue weighted by molar-refractivity contribution is 0.262. The summed E-state index contributed by atoms with van der Waals surface area (Å²) in [5.41, 5.74) is -1.00. The predicted molar refractivity (Wildman–Crippen MR) is 56.5 cm³/mol. The van der Waals surface area contributed by atoms with E-state index in [1.54, 1.807) is 0 Å². The van der Waals surface area contributed by atoms with Gasteiger partial charge in [-0.15, -0.1) is 4.91 Å². The van der Waals surface area contributed by atoms with Gasteiger partial charge in [-0.3, -0.25) is 0 Å². The Morgan fingerprint density at radius 2 is 2.31 bits per heavy atom. The summed E-state index contributed by atoms with van der Waals surface area (Å²) in [6.45, 7) is 1.28. The van der Waals surface area contributed by atoms with Gasteiger partial charge in [-0.05, 0) is 36.7 Å². The molecular weight excluding hydrogens is 211 g/mol. The van der Waals surface area contributed by atoms with Crippen LogP contribution in [0.15, 0.2) is 23.4 Å². The molecule has 0 amide bonds. The number of hydrogen-bond donors (Lipinski definition) is 1. The summed E-state index contributed by atoms with van der Waals surface area (Å²) in [6.07, 6.45) is 0.0999. The molecule has 0 saturated carbocycles. The van der Waals surface area contributed by atoms with Crippen molar-refractivity contribution in [2.24, 2.45) is 5.18 Å². The fourth-order valence-electron chi connectivity index (χ4n) is 1.47. The Labute approximate surface area is 92.3 Å². The lowest BCUT2D eigenvalue weighted by Crippen LogP contribution is -2.22. The third-order valence-electron chi connectivity index (χ3n) is 2.51. The predicted octanol–water partition coefficient (Wildman–Crippen LogP) is 2.39.